The summed E-state index contributed by atoms with van der Waals surface area (Å²) in [5.74, 6) is 0.548. The molecule has 0 radical (unpaired) electrons. The van der Waals surface area contributed by atoms with Crippen LogP contribution in [0, 0.1) is 0 Å². The quantitative estimate of drug-likeness (QED) is 0.573. The molecule has 0 fully saturated rings. The van der Waals surface area contributed by atoms with Crippen molar-refractivity contribution in [2.45, 2.75) is 13.0 Å². The van der Waals surface area contributed by atoms with Crippen LogP contribution in [-0.2, 0) is 11.3 Å². The van der Waals surface area contributed by atoms with Crippen LogP contribution in [0.2, 0.25) is 0 Å². The summed E-state index contributed by atoms with van der Waals surface area (Å²) in [4.78, 5) is 1.82. The topological polar surface area (TPSA) is 83.7 Å². The predicted molar refractivity (Wildman–Crippen MR) is 62.9 cm³/mol. The van der Waals surface area contributed by atoms with Crippen molar-refractivity contribution < 1.29 is 14.3 Å². The fraction of sp³-hybridized carbons (Fsp3) is 0.800. The van der Waals surface area contributed by atoms with Crippen LogP contribution in [0.25, 0.3) is 0 Å². The molecule has 1 aromatic heterocycles. The third kappa shape index (κ3) is 5.12. The fourth-order valence-corrected chi connectivity index (χ4v) is 1.24. The highest BCUT2D eigenvalue weighted by atomic mass is 16.5. The van der Waals surface area contributed by atoms with Crippen molar-refractivity contribution in [2.75, 3.05) is 45.4 Å². The van der Waals surface area contributed by atoms with Crippen LogP contribution in [0.1, 0.15) is 12.3 Å². The minimum Gasteiger partial charge on any atom is -0.407 e. The first-order valence-corrected chi connectivity index (χ1v) is 5.62. The molecule has 0 saturated carbocycles. The predicted octanol–water partition coefficient (Wildman–Crippen LogP) is -0.376. The molecule has 0 aromatic carbocycles. The normalized spacial score (nSPS) is 10.8. The van der Waals surface area contributed by atoms with Gasteiger partial charge in [-0.15, -0.1) is 5.10 Å². The zero-order valence-electron chi connectivity index (χ0n) is 10.3. The lowest BCUT2D eigenvalue weighted by molar-refractivity contribution is 0.198. The van der Waals surface area contributed by atoms with Gasteiger partial charge in [-0.2, -0.15) is 0 Å². The monoisotopic (exact) mass is 244 g/mol. The molecule has 1 aromatic rings. The highest BCUT2D eigenvalue weighted by molar-refractivity contribution is 5.21. The highest BCUT2D eigenvalue weighted by Gasteiger charge is 2.09. The zero-order chi connectivity index (χ0) is 12.5. The first-order chi connectivity index (χ1) is 8.27. The lowest BCUT2D eigenvalue weighted by Crippen LogP contribution is -2.19. The van der Waals surface area contributed by atoms with E-state index >= 15 is 0 Å². The van der Waals surface area contributed by atoms with E-state index in [2.05, 4.69) is 15.5 Å². The summed E-state index contributed by atoms with van der Waals surface area (Å²) in [5, 5.41) is 19.7. The fourth-order valence-electron chi connectivity index (χ4n) is 1.24. The van der Waals surface area contributed by atoms with E-state index in [1.165, 1.54) is 0 Å². The van der Waals surface area contributed by atoms with Crippen LogP contribution in [0.4, 0.5) is 6.01 Å². The van der Waals surface area contributed by atoms with Gasteiger partial charge in [-0.1, -0.05) is 5.10 Å². The number of hydrogen-bond donors (Lipinski definition) is 2. The van der Waals surface area contributed by atoms with Crippen molar-refractivity contribution in [3.63, 3.8) is 0 Å². The van der Waals surface area contributed by atoms with E-state index in [-0.39, 0.29) is 6.61 Å². The molecule has 98 valence electrons. The van der Waals surface area contributed by atoms with Crippen molar-refractivity contribution in [1.29, 1.82) is 0 Å². The largest absolute Gasteiger partial charge is 0.407 e. The number of ether oxygens (including phenoxy) is 1. The van der Waals surface area contributed by atoms with Crippen LogP contribution >= 0.6 is 0 Å². The van der Waals surface area contributed by atoms with Gasteiger partial charge in [-0.05, 0) is 6.42 Å². The van der Waals surface area contributed by atoms with Gasteiger partial charge in [-0.3, -0.25) is 0 Å². The number of nitrogens with zero attached hydrogens (tertiary/aromatic N) is 3. The molecule has 0 aliphatic rings. The SMILES string of the molecule is COCCNCc1nnc(N(C)CCCO)o1. The third-order valence-electron chi connectivity index (χ3n) is 2.19. The maximum absolute atomic E-state index is 8.72. The number of methoxy groups -OCH3 is 1. The van der Waals surface area contributed by atoms with Gasteiger partial charge in [0.2, 0.25) is 5.89 Å². The van der Waals surface area contributed by atoms with E-state index in [4.69, 9.17) is 14.3 Å². The summed E-state index contributed by atoms with van der Waals surface area (Å²) in [7, 11) is 3.51. The molecule has 7 heteroatoms. The van der Waals surface area contributed by atoms with Crippen LogP contribution < -0.4 is 10.2 Å². The molecule has 0 amide bonds. The Bertz CT molecular complexity index is 305. The molecular formula is C10H20N4O3. The van der Waals surface area contributed by atoms with Gasteiger partial charge in [-0.25, -0.2) is 0 Å². The van der Waals surface area contributed by atoms with Gasteiger partial charge < -0.3 is 24.5 Å². The number of aliphatic hydroxyl groups is 1. The van der Waals surface area contributed by atoms with Crippen LogP contribution in [0.5, 0.6) is 0 Å². The van der Waals surface area contributed by atoms with Crippen molar-refractivity contribution in [3.8, 4) is 0 Å². The molecule has 1 heterocycles. The first kappa shape index (κ1) is 13.9. The van der Waals surface area contributed by atoms with E-state index in [0.29, 0.717) is 38.0 Å². The maximum Gasteiger partial charge on any atom is 0.317 e. The number of anilines is 1. The number of hydrogen-bond acceptors (Lipinski definition) is 7. The Hall–Kier alpha value is -1.18. The van der Waals surface area contributed by atoms with E-state index < -0.39 is 0 Å². The summed E-state index contributed by atoms with van der Waals surface area (Å²) >= 11 is 0. The Kier molecular flexibility index (Phi) is 6.53. The molecule has 0 saturated heterocycles. The molecule has 0 spiro atoms. The molecule has 0 aliphatic carbocycles. The Labute approximate surface area is 101 Å². The van der Waals surface area contributed by atoms with Crippen molar-refractivity contribution in [1.82, 2.24) is 15.5 Å². The summed E-state index contributed by atoms with van der Waals surface area (Å²) < 4.78 is 10.3. The van der Waals surface area contributed by atoms with Crippen LogP contribution in [0.3, 0.4) is 0 Å². The summed E-state index contributed by atoms with van der Waals surface area (Å²) in [6.45, 7) is 2.77. The molecular weight excluding hydrogens is 224 g/mol. The Morgan fingerprint density at radius 3 is 3.00 bits per heavy atom. The molecule has 0 atom stereocenters. The second-order valence-electron chi connectivity index (χ2n) is 3.65. The summed E-state index contributed by atoms with van der Waals surface area (Å²) in [6, 6.07) is 0.474. The number of rotatable bonds is 9. The first-order valence-electron chi connectivity index (χ1n) is 5.62. The molecule has 0 aliphatic heterocycles. The molecule has 1 rings (SSSR count). The summed E-state index contributed by atoms with van der Waals surface area (Å²) in [6.07, 6.45) is 0.681. The lowest BCUT2D eigenvalue weighted by Gasteiger charge is -2.11. The minimum absolute atomic E-state index is 0.157. The van der Waals surface area contributed by atoms with Gasteiger partial charge >= 0.3 is 6.01 Å². The smallest absolute Gasteiger partial charge is 0.317 e. The molecule has 0 bridgehead atoms. The molecule has 0 unspecified atom stereocenters. The minimum atomic E-state index is 0.157. The Balaban J connectivity index is 2.31. The molecule has 2 N–H and O–H groups in total. The van der Waals surface area contributed by atoms with Crippen molar-refractivity contribution in [3.05, 3.63) is 5.89 Å². The standard InChI is InChI=1S/C10H20N4O3/c1-14(5-3-6-15)10-13-12-9(17-10)8-11-4-7-16-2/h11,15H,3-8H2,1-2H3. The van der Waals surface area contributed by atoms with Gasteiger partial charge in [0.05, 0.1) is 13.2 Å². The number of aromatic nitrogens is 2. The van der Waals surface area contributed by atoms with Crippen LogP contribution in [-0.4, -0.2) is 55.8 Å². The number of aliphatic hydroxyl groups excluding tert-OH is 1. The molecule has 7 nitrogen and oxygen atoms in total. The van der Waals surface area contributed by atoms with Crippen LogP contribution in [0.15, 0.2) is 4.42 Å². The van der Waals surface area contributed by atoms with Crippen molar-refractivity contribution in [2.24, 2.45) is 0 Å². The van der Waals surface area contributed by atoms with Crippen molar-refractivity contribution >= 4 is 6.01 Å². The second-order valence-corrected chi connectivity index (χ2v) is 3.65. The zero-order valence-corrected chi connectivity index (χ0v) is 10.3. The van der Waals surface area contributed by atoms with E-state index in [0.717, 1.165) is 6.54 Å². The van der Waals surface area contributed by atoms with Gasteiger partial charge in [0.15, 0.2) is 0 Å². The highest BCUT2D eigenvalue weighted by Crippen LogP contribution is 2.10. The van der Waals surface area contributed by atoms with Gasteiger partial charge in [0.25, 0.3) is 0 Å². The second kappa shape index (κ2) is 7.99. The van der Waals surface area contributed by atoms with Gasteiger partial charge in [0, 0.05) is 33.9 Å². The Morgan fingerprint density at radius 1 is 1.47 bits per heavy atom. The van der Waals surface area contributed by atoms with E-state index in [1.807, 2.05) is 11.9 Å². The number of nitrogens with one attached hydrogen (secondary N) is 1. The molecule has 17 heavy (non-hydrogen) atoms. The van der Waals surface area contributed by atoms with E-state index in [1.54, 1.807) is 7.11 Å². The lowest BCUT2D eigenvalue weighted by atomic mass is 10.4. The van der Waals surface area contributed by atoms with E-state index in [9.17, 15) is 0 Å². The maximum atomic E-state index is 8.72. The average Bonchev–Trinajstić information content (AvgIpc) is 2.80. The third-order valence-corrected chi connectivity index (χ3v) is 2.19. The average molecular weight is 244 g/mol. The Morgan fingerprint density at radius 2 is 2.29 bits per heavy atom. The van der Waals surface area contributed by atoms with Gasteiger partial charge in [0.1, 0.15) is 0 Å². The summed E-state index contributed by atoms with van der Waals surface area (Å²) in [5.41, 5.74) is 0.